The number of halogens is 1. The Hall–Kier alpha value is -0.860. The van der Waals surface area contributed by atoms with E-state index in [2.05, 4.69) is 15.9 Å². The lowest BCUT2D eigenvalue weighted by atomic mass is 10.4. The van der Waals surface area contributed by atoms with Crippen molar-refractivity contribution in [2.75, 3.05) is 13.6 Å². The molecule has 1 rings (SSSR count). The molecule has 13 heavy (non-hydrogen) atoms. The van der Waals surface area contributed by atoms with E-state index in [9.17, 15) is 4.79 Å². The number of carbonyl (C=O) groups is 1. The van der Waals surface area contributed by atoms with E-state index < -0.39 is 0 Å². The van der Waals surface area contributed by atoms with Crippen molar-refractivity contribution in [3.63, 3.8) is 0 Å². The molecule has 68 valence electrons. The second-order valence-electron chi connectivity index (χ2n) is 2.45. The molecular formula is C8H7BrN2OS. The predicted molar refractivity (Wildman–Crippen MR) is 54.6 cm³/mol. The number of carbonyl (C=O) groups excluding carboxylic acids is 1. The third-order valence-electron chi connectivity index (χ3n) is 1.43. The Kier molecular flexibility index (Phi) is 3.46. The number of amides is 1. The van der Waals surface area contributed by atoms with Crippen LogP contribution in [0.3, 0.4) is 0 Å². The molecule has 3 nitrogen and oxygen atoms in total. The number of hydrogen-bond donors (Lipinski definition) is 0. The molecular weight excluding hydrogens is 252 g/mol. The third kappa shape index (κ3) is 2.54. The van der Waals surface area contributed by atoms with Gasteiger partial charge in [-0.15, -0.1) is 11.3 Å². The van der Waals surface area contributed by atoms with Gasteiger partial charge in [-0.25, -0.2) is 0 Å². The van der Waals surface area contributed by atoms with Crippen LogP contribution in [0.2, 0.25) is 0 Å². The van der Waals surface area contributed by atoms with Gasteiger partial charge in [-0.1, -0.05) is 0 Å². The molecule has 0 aromatic carbocycles. The van der Waals surface area contributed by atoms with Crippen molar-refractivity contribution in [3.8, 4) is 6.07 Å². The van der Waals surface area contributed by atoms with Crippen LogP contribution in [0, 0.1) is 11.3 Å². The number of nitriles is 1. The lowest BCUT2D eigenvalue weighted by Gasteiger charge is -2.10. The third-order valence-corrected chi connectivity index (χ3v) is 3.11. The zero-order valence-electron chi connectivity index (χ0n) is 6.95. The first-order valence-corrected chi connectivity index (χ1v) is 5.19. The van der Waals surface area contributed by atoms with Gasteiger partial charge < -0.3 is 4.90 Å². The number of hydrogen-bond acceptors (Lipinski definition) is 3. The molecule has 0 saturated carbocycles. The molecule has 1 aromatic heterocycles. The first-order valence-electron chi connectivity index (χ1n) is 3.51. The van der Waals surface area contributed by atoms with E-state index in [1.807, 2.05) is 11.4 Å². The van der Waals surface area contributed by atoms with Gasteiger partial charge in [-0.3, -0.25) is 4.79 Å². The Morgan fingerprint density at radius 2 is 2.54 bits per heavy atom. The van der Waals surface area contributed by atoms with Crippen LogP contribution in [-0.4, -0.2) is 24.4 Å². The first kappa shape index (κ1) is 10.2. The van der Waals surface area contributed by atoms with E-state index in [1.165, 1.54) is 16.2 Å². The molecule has 0 saturated heterocycles. The van der Waals surface area contributed by atoms with E-state index >= 15 is 0 Å². The minimum absolute atomic E-state index is 0.114. The number of thiophene rings is 1. The molecule has 0 bridgehead atoms. The molecule has 0 aliphatic rings. The summed E-state index contributed by atoms with van der Waals surface area (Å²) in [6.07, 6.45) is 0. The Balaban J connectivity index is 2.74. The van der Waals surface area contributed by atoms with Crippen molar-refractivity contribution in [2.24, 2.45) is 0 Å². The highest BCUT2D eigenvalue weighted by Crippen LogP contribution is 2.20. The van der Waals surface area contributed by atoms with E-state index in [-0.39, 0.29) is 12.5 Å². The second-order valence-corrected chi connectivity index (χ2v) is 4.28. The van der Waals surface area contributed by atoms with Crippen molar-refractivity contribution in [1.82, 2.24) is 4.90 Å². The summed E-state index contributed by atoms with van der Waals surface area (Å²) in [6, 6.07) is 3.67. The average Bonchev–Trinajstić information content (AvgIpc) is 2.51. The summed E-state index contributed by atoms with van der Waals surface area (Å²) >= 11 is 4.63. The van der Waals surface area contributed by atoms with Gasteiger partial charge in [0.05, 0.1) is 10.9 Å². The number of nitrogens with zero attached hydrogens (tertiary/aromatic N) is 2. The SMILES string of the molecule is CN(CC#N)C(=O)c1cc(Br)cs1. The zero-order chi connectivity index (χ0) is 9.84. The molecule has 1 amide bonds. The van der Waals surface area contributed by atoms with Crippen LogP contribution in [0.25, 0.3) is 0 Å². The quantitative estimate of drug-likeness (QED) is 0.763. The summed E-state index contributed by atoms with van der Waals surface area (Å²) in [5.74, 6) is -0.114. The maximum Gasteiger partial charge on any atom is 0.264 e. The Morgan fingerprint density at radius 3 is 3.00 bits per heavy atom. The van der Waals surface area contributed by atoms with Gasteiger partial charge in [0.2, 0.25) is 0 Å². The second kappa shape index (κ2) is 4.40. The van der Waals surface area contributed by atoms with Crippen molar-refractivity contribution in [1.29, 1.82) is 5.26 Å². The number of rotatable bonds is 2. The molecule has 0 atom stereocenters. The van der Waals surface area contributed by atoms with Crippen LogP contribution in [-0.2, 0) is 0 Å². The van der Waals surface area contributed by atoms with Crippen LogP contribution in [0.15, 0.2) is 15.9 Å². The maximum atomic E-state index is 11.5. The molecule has 5 heteroatoms. The fraction of sp³-hybridized carbons (Fsp3) is 0.250. The van der Waals surface area contributed by atoms with E-state index in [0.29, 0.717) is 4.88 Å². The summed E-state index contributed by atoms with van der Waals surface area (Å²) in [4.78, 5) is 13.5. The van der Waals surface area contributed by atoms with Gasteiger partial charge in [-0.05, 0) is 22.0 Å². The molecule has 0 aliphatic carbocycles. The molecule has 1 aromatic rings. The first-order chi connectivity index (χ1) is 6.15. The lowest BCUT2D eigenvalue weighted by Crippen LogP contribution is -2.26. The topological polar surface area (TPSA) is 44.1 Å². The van der Waals surface area contributed by atoms with Gasteiger partial charge >= 0.3 is 0 Å². The van der Waals surface area contributed by atoms with Gasteiger partial charge in [0.1, 0.15) is 6.54 Å². The van der Waals surface area contributed by atoms with Gasteiger partial charge in [0, 0.05) is 16.9 Å². The monoisotopic (exact) mass is 258 g/mol. The van der Waals surface area contributed by atoms with Crippen LogP contribution in [0.5, 0.6) is 0 Å². The predicted octanol–water partition coefficient (Wildman–Crippen LogP) is 2.11. The van der Waals surface area contributed by atoms with E-state index in [4.69, 9.17) is 5.26 Å². The van der Waals surface area contributed by atoms with Crippen molar-refractivity contribution < 1.29 is 4.79 Å². The normalized spacial score (nSPS) is 9.31. The fourth-order valence-corrected chi connectivity index (χ4v) is 2.21. The van der Waals surface area contributed by atoms with Crippen LogP contribution in [0.1, 0.15) is 9.67 Å². The fourth-order valence-electron chi connectivity index (χ4n) is 0.791. The highest BCUT2D eigenvalue weighted by Gasteiger charge is 2.12. The highest BCUT2D eigenvalue weighted by molar-refractivity contribution is 9.10. The Morgan fingerprint density at radius 1 is 1.85 bits per heavy atom. The van der Waals surface area contributed by atoms with Crippen LogP contribution >= 0.6 is 27.3 Å². The summed E-state index contributed by atoms with van der Waals surface area (Å²) < 4.78 is 0.895. The largest absolute Gasteiger partial charge is 0.328 e. The molecule has 0 spiro atoms. The van der Waals surface area contributed by atoms with Crippen molar-refractivity contribution >= 4 is 33.2 Å². The summed E-state index contributed by atoms with van der Waals surface area (Å²) in [6.45, 7) is 0.119. The van der Waals surface area contributed by atoms with Crippen molar-refractivity contribution in [3.05, 3.63) is 20.8 Å². The minimum atomic E-state index is -0.114. The smallest absolute Gasteiger partial charge is 0.264 e. The molecule has 1 heterocycles. The molecule has 0 fully saturated rings. The Bertz CT molecular complexity index is 355. The molecule has 0 aliphatic heterocycles. The average molecular weight is 259 g/mol. The van der Waals surface area contributed by atoms with Gasteiger partial charge in [0.15, 0.2) is 0 Å². The summed E-state index contributed by atoms with van der Waals surface area (Å²) in [7, 11) is 1.61. The van der Waals surface area contributed by atoms with Gasteiger partial charge in [-0.2, -0.15) is 5.26 Å². The summed E-state index contributed by atoms with van der Waals surface area (Å²) in [5, 5.41) is 10.2. The minimum Gasteiger partial charge on any atom is -0.328 e. The van der Waals surface area contributed by atoms with Crippen LogP contribution < -0.4 is 0 Å². The van der Waals surface area contributed by atoms with Crippen LogP contribution in [0.4, 0.5) is 0 Å². The van der Waals surface area contributed by atoms with E-state index in [0.717, 1.165) is 4.47 Å². The molecule has 0 unspecified atom stereocenters. The van der Waals surface area contributed by atoms with Crippen molar-refractivity contribution in [2.45, 2.75) is 0 Å². The molecule has 0 radical (unpaired) electrons. The molecule has 0 N–H and O–H groups in total. The standard InChI is InChI=1S/C8H7BrN2OS/c1-11(3-2-10)8(12)7-4-6(9)5-13-7/h4-5H,3H2,1H3. The summed E-state index contributed by atoms with van der Waals surface area (Å²) in [5.41, 5.74) is 0. The van der Waals surface area contributed by atoms with E-state index in [1.54, 1.807) is 13.1 Å². The lowest BCUT2D eigenvalue weighted by molar-refractivity contribution is 0.0816. The maximum absolute atomic E-state index is 11.5. The highest BCUT2D eigenvalue weighted by atomic mass is 79.9. The zero-order valence-corrected chi connectivity index (χ0v) is 9.35. The Labute approximate surface area is 88.7 Å². The van der Waals surface area contributed by atoms with Gasteiger partial charge in [0.25, 0.3) is 5.91 Å².